The van der Waals surface area contributed by atoms with Crippen LogP contribution in [-0.4, -0.2) is 28.0 Å². The Morgan fingerprint density at radius 2 is 2.06 bits per heavy atom. The zero-order valence-corrected chi connectivity index (χ0v) is 10.1. The van der Waals surface area contributed by atoms with E-state index >= 15 is 0 Å². The first-order chi connectivity index (χ1) is 7.30. The van der Waals surface area contributed by atoms with Crippen molar-refractivity contribution < 1.29 is 9.59 Å². The summed E-state index contributed by atoms with van der Waals surface area (Å²) in [6.45, 7) is 5.53. The average Bonchev–Trinajstić information content (AvgIpc) is 2.59. The second-order valence-corrected chi connectivity index (χ2v) is 4.76. The maximum Gasteiger partial charge on any atom is 0.254 e. The van der Waals surface area contributed by atoms with E-state index < -0.39 is 5.41 Å². The summed E-state index contributed by atoms with van der Waals surface area (Å²) in [4.78, 5) is 23.1. The molecule has 1 rings (SSSR count). The van der Waals surface area contributed by atoms with E-state index in [9.17, 15) is 9.59 Å². The average molecular weight is 223 g/mol. The van der Waals surface area contributed by atoms with E-state index in [1.807, 2.05) is 20.8 Å². The highest BCUT2D eigenvalue weighted by Crippen LogP contribution is 2.13. The van der Waals surface area contributed by atoms with Gasteiger partial charge >= 0.3 is 0 Å². The lowest BCUT2D eigenvalue weighted by Crippen LogP contribution is -2.35. The van der Waals surface area contributed by atoms with Gasteiger partial charge in [-0.1, -0.05) is 20.8 Å². The monoisotopic (exact) mass is 223 g/mol. The number of nitrogens with one attached hydrogen (secondary N) is 1. The number of hydrogen-bond donors (Lipinski definition) is 1. The zero-order valence-electron chi connectivity index (χ0n) is 10.1. The molecule has 0 spiro atoms. The third-order valence-corrected chi connectivity index (χ3v) is 2.21. The first kappa shape index (κ1) is 12.4. The molecular formula is C11H17N3O2. The lowest BCUT2D eigenvalue weighted by molar-refractivity contribution is -0.125. The molecule has 1 aromatic heterocycles. The predicted octanol–water partition coefficient (Wildman–Crippen LogP) is 0.765. The zero-order chi connectivity index (χ0) is 12.3. The molecule has 0 bridgehead atoms. The van der Waals surface area contributed by atoms with E-state index in [4.69, 9.17) is 0 Å². The molecule has 5 heteroatoms. The third kappa shape index (κ3) is 3.18. The van der Waals surface area contributed by atoms with Gasteiger partial charge in [0.1, 0.15) is 0 Å². The summed E-state index contributed by atoms with van der Waals surface area (Å²) in [5.74, 6) is -0.268. The van der Waals surface area contributed by atoms with E-state index in [2.05, 4.69) is 10.4 Å². The molecule has 1 amide bonds. The van der Waals surface area contributed by atoms with Crippen molar-refractivity contribution in [1.82, 2.24) is 15.1 Å². The topological polar surface area (TPSA) is 64.0 Å². The first-order valence-electron chi connectivity index (χ1n) is 5.11. The normalized spacial score (nSPS) is 11.2. The Hall–Kier alpha value is -1.65. The molecular weight excluding hydrogens is 206 g/mol. The molecule has 1 aromatic rings. The number of rotatable bonds is 3. The van der Waals surface area contributed by atoms with Crippen molar-refractivity contribution in [3.05, 3.63) is 18.0 Å². The van der Waals surface area contributed by atoms with Gasteiger partial charge in [-0.05, 0) is 0 Å². The van der Waals surface area contributed by atoms with Crippen LogP contribution >= 0.6 is 0 Å². The maximum absolute atomic E-state index is 11.6. The summed E-state index contributed by atoms with van der Waals surface area (Å²) in [5.41, 5.74) is 0.0339. The highest BCUT2D eigenvalue weighted by molar-refractivity contribution is 5.97. The highest BCUT2D eigenvalue weighted by Gasteiger charge is 2.21. The van der Waals surface area contributed by atoms with Gasteiger partial charge in [-0.3, -0.25) is 14.3 Å². The van der Waals surface area contributed by atoms with Crippen molar-refractivity contribution in [2.24, 2.45) is 12.5 Å². The Balaban J connectivity index is 2.51. The standard InChI is InChI=1S/C11H17N3O2/c1-11(2,3)9(15)6-12-10(16)8-5-13-14(4)7-8/h5,7H,6H2,1-4H3,(H,12,16). The molecule has 0 atom stereocenters. The van der Waals surface area contributed by atoms with Gasteiger partial charge in [0.25, 0.3) is 5.91 Å². The van der Waals surface area contributed by atoms with Gasteiger partial charge in [0, 0.05) is 18.7 Å². The largest absolute Gasteiger partial charge is 0.345 e. The van der Waals surface area contributed by atoms with Crippen LogP contribution in [0.1, 0.15) is 31.1 Å². The van der Waals surface area contributed by atoms with Gasteiger partial charge in [-0.15, -0.1) is 0 Å². The molecule has 16 heavy (non-hydrogen) atoms. The van der Waals surface area contributed by atoms with Crippen LogP contribution in [0.2, 0.25) is 0 Å². The number of ketones is 1. The van der Waals surface area contributed by atoms with E-state index in [1.54, 1.807) is 17.9 Å². The van der Waals surface area contributed by atoms with Crippen molar-refractivity contribution in [2.45, 2.75) is 20.8 Å². The van der Waals surface area contributed by atoms with Crippen LogP contribution in [0, 0.1) is 5.41 Å². The number of aryl methyl sites for hydroxylation is 1. The van der Waals surface area contributed by atoms with E-state index in [-0.39, 0.29) is 18.2 Å². The fourth-order valence-corrected chi connectivity index (χ4v) is 1.07. The van der Waals surface area contributed by atoms with Crippen molar-refractivity contribution in [1.29, 1.82) is 0 Å². The summed E-state index contributed by atoms with van der Waals surface area (Å²) < 4.78 is 1.54. The third-order valence-electron chi connectivity index (χ3n) is 2.21. The number of Topliss-reactive ketones (excluding diaryl/α,β-unsaturated/α-hetero) is 1. The van der Waals surface area contributed by atoms with Crippen molar-refractivity contribution in [2.75, 3.05) is 6.54 Å². The molecule has 1 heterocycles. The van der Waals surface area contributed by atoms with Gasteiger partial charge in [0.15, 0.2) is 5.78 Å². The molecule has 0 saturated carbocycles. The van der Waals surface area contributed by atoms with Gasteiger partial charge < -0.3 is 5.32 Å². The lowest BCUT2D eigenvalue weighted by atomic mass is 9.91. The van der Waals surface area contributed by atoms with Crippen molar-refractivity contribution in [3.63, 3.8) is 0 Å². The maximum atomic E-state index is 11.6. The fourth-order valence-electron chi connectivity index (χ4n) is 1.07. The fraction of sp³-hybridized carbons (Fsp3) is 0.545. The van der Waals surface area contributed by atoms with Crippen LogP contribution in [0.4, 0.5) is 0 Å². The number of carbonyl (C=O) groups is 2. The minimum Gasteiger partial charge on any atom is -0.345 e. The molecule has 0 radical (unpaired) electrons. The molecule has 0 fully saturated rings. The predicted molar refractivity (Wildman–Crippen MR) is 60.0 cm³/mol. The minimum absolute atomic E-state index is 0.00439. The molecule has 5 nitrogen and oxygen atoms in total. The van der Waals surface area contributed by atoms with E-state index in [0.717, 1.165) is 0 Å². The Morgan fingerprint density at radius 1 is 1.44 bits per heavy atom. The van der Waals surface area contributed by atoms with Crippen molar-refractivity contribution >= 4 is 11.7 Å². The first-order valence-corrected chi connectivity index (χ1v) is 5.11. The second kappa shape index (κ2) is 4.47. The lowest BCUT2D eigenvalue weighted by Gasteiger charge is -2.16. The van der Waals surface area contributed by atoms with Crippen LogP contribution in [0.25, 0.3) is 0 Å². The molecule has 0 saturated heterocycles. The summed E-state index contributed by atoms with van der Waals surface area (Å²) in [6.07, 6.45) is 3.08. The van der Waals surface area contributed by atoms with Gasteiger partial charge in [0.05, 0.1) is 18.3 Å². The SMILES string of the molecule is Cn1cc(C(=O)NCC(=O)C(C)(C)C)cn1. The van der Waals surface area contributed by atoms with Crippen LogP contribution in [0.3, 0.4) is 0 Å². The number of hydrogen-bond acceptors (Lipinski definition) is 3. The number of aromatic nitrogens is 2. The molecule has 1 N–H and O–H groups in total. The molecule has 0 aliphatic heterocycles. The Bertz CT molecular complexity index is 402. The molecule has 0 aliphatic carbocycles. The highest BCUT2D eigenvalue weighted by atomic mass is 16.2. The van der Waals surface area contributed by atoms with Crippen molar-refractivity contribution in [3.8, 4) is 0 Å². The molecule has 88 valence electrons. The summed E-state index contributed by atoms with van der Waals surface area (Å²) in [6, 6.07) is 0. The van der Waals surface area contributed by atoms with Gasteiger partial charge in [0.2, 0.25) is 0 Å². The molecule has 0 unspecified atom stereocenters. The molecule has 0 aliphatic rings. The second-order valence-electron chi connectivity index (χ2n) is 4.76. The smallest absolute Gasteiger partial charge is 0.254 e. The Morgan fingerprint density at radius 3 is 2.50 bits per heavy atom. The molecule has 0 aromatic carbocycles. The summed E-state index contributed by atoms with van der Waals surface area (Å²) in [5, 5.41) is 6.46. The minimum atomic E-state index is -0.428. The van der Waals surface area contributed by atoms with Crippen LogP contribution in [0.15, 0.2) is 12.4 Å². The number of nitrogens with zero attached hydrogens (tertiary/aromatic N) is 2. The van der Waals surface area contributed by atoms with Gasteiger partial charge in [-0.2, -0.15) is 5.10 Å². The summed E-state index contributed by atoms with van der Waals surface area (Å²) >= 11 is 0. The number of carbonyl (C=O) groups excluding carboxylic acids is 2. The van der Waals surface area contributed by atoms with Crippen LogP contribution in [-0.2, 0) is 11.8 Å². The van der Waals surface area contributed by atoms with E-state index in [0.29, 0.717) is 5.56 Å². The number of amides is 1. The van der Waals surface area contributed by atoms with Crippen LogP contribution in [0.5, 0.6) is 0 Å². The Kier molecular flexibility index (Phi) is 3.47. The Labute approximate surface area is 94.8 Å². The summed E-state index contributed by atoms with van der Waals surface area (Å²) in [7, 11) is 1.73. The quantitative estimate of drug-likeness (QED) is 0.823. The van der Waals surface area contributed by atoms with Crippen LogP contribution < -0.4 is 5.32 Å². The van der Waals surface area contributed by atoms with E-state index in [1.165, 1.54) is 6.20 Å². The van der Waals surface area contributed by atoms with Gasteiger partial charge in [-0.25, -0.2) is 0 Å².